The van der Waals surface area contributed by atoms with Crippen LogP contribution in [0.4, 0.5) is 0 Å². The average molecular weight is 1330 g/mol. The average Bonchev–Trinajstić information content (AvgIpc) is 1.68. The molecule has 1 aromatic heterocycles. The molecule has 0 aliphatic carbocycles. The van der Waals surface area contributed by atoms with E-state index in [-0.39, 0.29) is 10.1 Å². The fraction of sp³-hybridized carbons (Fsp3) is 0.292. The second-order valence-electron chi connectivity index (χ2n) is 24.3. The number of thiazole rings is 1. The van der Waals surface area contributed by atoms with Crippen molar-refractivity contribution in [3.8, 4) is 0 Å². The number of allylic oxidation sites excluding steroid dienone is 51. The minimum atomic E-state index is -3.34. The van der Waals surface area contributed by atoms with Gasteiger partial charge in [-0.2, -0.15) is 0 Å². The van der Waals surface area contributed by atoms with E-state index in [1.54, 1.807) is 38.2 Å². The summed E-state index contributed by atoms with van der Waals surface area (Å²) in [6, 6.07) is 7.49. The number of nitrogens with zero attached hydrogens (tertiary/aromatic N) is 1. The molecule has 0 unspecified atom stereocenters. The van der Waals surface area contributed by atoms with Crippen molar-refractivity contribution in [2.24, 2.45) is 0 Å². The molecule has 2 aromatic rings. The number of aldehydes is 2. The maximum absolute atomic E-state index is 12.4. The van der Waals surface area contributed by atoms with Crippen LogP contribution in [0.2, 0.25) is 0 Å². The van der Waals surface area contributed by atoms with Gasteiger partial charge in [0.15, 0.2) is 0 Å². The van der Waals surface area contributed by atoms with Gasteiger partial charge < -0.3 is 0 Å². The van der Waals surface area contributed by atoms with Gasteiger partial charge in [-0.05, 0) is 193 Å². The Balaban J connectivity index is 0. The van der Waals surface area contributed by atoms with E-state index < -0.39 is 9.84 Å². The quantitative estimate of drug-likeness (QED) is 0.0302. The molecule has 514 valence electrons. The highest BCUT2D eigenvalue weighted by Gasteiger charge is 2.18. The Morgan fingerprint density at radius 1 is 0.365 bits per heavy atom. The molecule has 5 nitrogen and oxygen atoms in total. The highest BCUT2D eigenvalue weighted by molar-refractivity contribution is 7.93. The molecule has 0 fully saturated rings. The van der Waals surface area contributed by atoms with E-state index in [4.69, 9.17) is 0 Å². The topological polar surface area (TPSA) is 81.2 Å². The first-order valence-electron chi connectivity index (χ1n) is 33.0. The number of rotatable bonds is 34. The minimum Gasteiger partial charge on any atom is -0.298 e. The summed E-state index contributed by atoms with van der Waals surface area (Å²) < 4.78 is 25.9. The van der Waals surface area contributed by atoms with Gasteiger partial charge in [-0.15, -0.1) is 11.3 Å². The summed E-state index contributed by atoms with van der Waals surface area (Å²) in [5.74, 6) is 0.0213. The lowest BCUT2D eigenvalue weighted by molar-refractivity contribution is -0.105. The van der Waals surface area contributed by atoms with Crippen LogP contribution in [0.25, 0.3) is 10.2 Å². The molecule has 0 bridgehead atoms. The van der Waals surface area contributed by atoms with Crippen LogP contribution in [-0.2, 0) is 19.4 Å². The van der Waals surface area contributed by atoms with Crippen molar-refractivity contribution in [2.45, 2.75) is 174 Å². The van der Waals surface area contributed by atoms with Crippen LogP contribution >= 0.6 is 11.3 Å². The van der Waals surface area contributed by atoms with Gasteiger partial charge in [0.05, 0.1) is 16.0 Å². The van der Waals surface area contributed by atoms with Crippen LogP contribution < -0.4 is 0 Å². The first-order chi connectivity index (χ1) is 45.6. The number of fused-ring (bicyclic) bond motifs is 1. The summed E-state index contributed by atoms with van der Waals surface area (Å²) >= 11 is 1.24. The molecule has 7 heteroatoms. The number of para-hydroxylation sites is 1. The van der Waals surface area contributed by atoms with Gasteiger partial charge in [-0.25, -0.2) is 13.4 Å². The third kappa shape index (κ3) is 54.7. The predicted octanol–water partition coefficient (Wildman–Crippen LogP) is 26.3. The van der Waals surface area contributed by atoms with E-state index in [9.17, 15) is 18.0 Å². The lowest BCUT2D eigenvalue weighted by Gasteiger charge is -2.00. The van der Waals surface area contributed by atoms with Gasteiger partial charge in [0.1, 0.15) is 12.6 Å². The summed E-state index contributed by atoms with van der Waals surface area (Å²) in [6.07, 6.45) is 81.6. The Morgan fingerprint density at radius 3 is 0.969 bits per heavy atom. The maximum atomic E-state index is 12.4. The normalized spacial score (nSPS) is 14.3. The lowest BCUT2D eigenvalue weighted by atomic mass is 10.1. The van der Waals surface area contributed by atoms with Crippen molar-refractivity contribution < 1.29 is 18.0 Å². The zero-order chi connectivity index (χ0) is 72.5. The molecule has 0 N–H and O–H groups in total. The Kier molecular flexibility index (Phi) is 52.8. The second kappa shape index (κ2) is 56.7. The van der Waals surface area contributed by atoms with E-state index in [0.29, 0.717) is 5.57 Å². The number of aromatic nitrogens is 1. The minimum absolute atomic E-state index is 0.0213. The van der Waals surface area contributed by atoms with Gasteiger partial charge in [0.2, 0.25) is 14.2 Å². The molecule has 0 spiro atoms. The molecule has 0 aliphatic heterocycles. The first kappa shape index (κ1) is 89.4. The number of hydrogen-bond acceptors (Lipinski definition) is 6. The molecule has 0 radical (unpaired) electrons. The van der Waals surface area contributed by atoms with Crippen LogP contribution in [0, 0.1) is 0 Å². The van der Waals surface area contributed by atoms with Crippen molar-refractivity contribution in [2.75, 3.05) is 5.75 Å². The molecule has 2 rings (SSSR count). The van der Waals surface area contributed by atoms with E-state index in [1.807, 2.05) is 119 Å². The number of sulfone groups is 1. The van der Waals surface area contributed by atoms with Crippen molar-refractivity contribution in [3.05, 3.63) is 345 Å². The van der Waals surface area contributed by atoms with Crippen molar-refractivity contribution in [1.82, 2.24) is 4.98 Å². The summed E-state index contributed by atoms with van der Waals surface area (Å²) in [5, 5.41) is 0. The summed E-state index contributed by atoms with van der Waals surface area (Å²) in [4.78, 5) is 24.8. The van der Waals surface area contributed by atoms with Crippen LogP contribution in [0.5, 0.6) is 0 Å². The van der Waals surface area contributed by atoms with Gasteiger partial charge in [0, 0.05) is 0 Å². The van der Waals surface area contributed by atoms with Crippen LogP contribution in [0.1, 0.15) is 170 Å². The third-order valence-electron chi connectivity index (χ3n) is 13.3. The Labute approximate surface area is 588 Å². The third-order valence-corrected chi connectivity index (χ3v) is 16.4. The lowest BCUT2D eigenvalue weighted by Crippen LogP contribution is -2.04. The molecule has 1 heterocycles. The Hall–Kier alpha value is -8.62. The van der Waals surface area contributed by atoms with Crippen molar-refractivity contribution >= 4 is 44.0 Å². The van der Waals surface area contributed by atoms with Crippen molar-refractivity contribution in [1.29, 1.82) is 0 Å². The summed E-state index contributed by atoms with van der Waals surface area (Å²) in [7, 11) is -3.34. The number of benzene rings is 1. The fourth-order valence-electron chi connectivity index (χ4n) is 7.27. The fourth-order valence-corrected chi connectivity index (χ4v) is 9.83. The number of carbonyl (C=O) groups excluding carboxylic acids is 2. The largest absolute Gasteiger partial charge is 0.298 e. The zero-order valence-corrected chi connectivity index (χ0v) is 63.6. The van der Waals surface area contributed by atoms with Crippen molar-refractivity contribution in [3.63, 3.8) is 0 Å². The molecule has 0 aliphatic rings. The molecule has 0 saturated heterocycles. The molecule has 96 heavy (non-hydrogen) atoms. The Bertz CT molecular complexity index is 3490. The van der Waals surface area contributed by atoms with Gasteiger partial charge in [-0.1, -0.05) is 322 Å². The monoisotopic (exact) mass is 1330 g/mol. The van der Waals surface area contributed by atoms with E-state index in [2.05, 4.69) is 236 Å². The van der Waals surface area contributed by atoms with Crippen LogP contribution in [0.3, 0.4) is 0 Å². The highest BCUT2D eigenvalue weighted by atomic mass is 32.2. The second-order valence-corrected chi connectivity index (χ2v) is 27.6. The summed E-state index contributed by atoms with van der Waals surface area (Å²) in [5.41, 5.74) is 19.6. The molecular formula is C89H117NO4S2. The van der Waals surface area contributed by atoms with Crippen LogP contribution in [-0.4, -0.2) is 31.7 Å². The standard InChI is InChI=1S/C40H56.C21H26O.C17H21NO2S2.C11H14O/c1-33(2)19-13-23-37(7)27-17-31-39(9)29-15-25-35(5)21-11-12-22-36(6)26-16-30-40(10)32-18-28-38(8)24-14-20-34(3)4;1-6-18(2)13-9-14-19(3)11-7-8-12-20(4)15-10-16-21(5)17-22;1-13(2)7-6-8-14(3)11-12-22(19,20)17-18-15-9-4-5-10-16(15)21-17;1-4-10(2)7-5-6-8-11(3)9-12/h11-12,15-22,25-32H,13-14,23-24H2,1-10H3;6-17H,1H2,2-5H3;4-5,7,9-11H,6,8,12H2,1-3H3;4-9H,1H2,2-3H3/b12-11+,25-15+,26-16+,31-17+,32-18+,35-21+,36-22+,37-27+,38-28+,39-29+,40-30+;8-7+,14-9+,15-10+,18-13+,19-11+,20-12+,21-16+;14-11+;6-5+,10-7+,11-8+. The highest BCUT2D eigenvalue weighted by Crippen LogP contribution is 2.26. The van der Waals surface area contributed by atoms with Crippen LogP contribution in [0.15, 0.2) is 350 Å². The van der Waals surface area contributed by atoms with Gasteiger partial charge >= 0.3 is 0 Å². The maximum Gasteiger partial charge on any atom is 0.210 e. The SMILES string of the molecule is C=C/C(C)=C/C=C/C(C)=C/C=C/C=C(C)/C=C/C=C(\C)C=O.C=C/C(C)=C/C=C/C=C(\C)C=O.CC(C)=CCC/C(C)=C/C=C/C(C)=C/C=C/C(C)=C/C=C/C=C(C)/C=C/C=C(C)/C=C/C=C(\C)CCC=C(C)C.CC(C)=CCC/C(C)=C/CS(=O)(=O)c1nc2ccccc2s1. The zero-order valence-electron chi connectivity index (χ0n) is 62.0. The van der Waals surface area contributed by atoms with Gasteiger partial charge in [-0.3, -0.25) is 9.59 Å². The molecule has 0 saturated carbocycles. The smallest absolute Gasteiger partial charge is 0.210 e. The molecular weight excluding hydrogens is 1210 g/mol. The number of carbonyl (C=O) groups is 2. The summed E-state index contributed by atoms with van der Waals surface area (Å²) in [6.45, 7) is 46.6. The van der Waals surface area contributed by atoms with E-state index >= 15 is 0 Å². The van der Waals surface area contributed by atoms with Gasteiger partial charge in [0.25, 0.3) is 0 Å². The number of hydrogen-bond donors (Lipinski definition) is 0. The first-order valence-corrected chi connectivity index (χ1v) is 35.5. The molecule has 1 aromatic carbocycles. The molecule has 0 amide bonds. The van der Waals surface area contributed by atoms with E-state index in [0.717, 1.165) is 89.2 Å². The predicted molar refractivity (Wildman–Crippen MR) is 431 cm³/mol. The van der Waals surface area contributed by atoms with E-state index in [1.165, 1.54) is 67.1 Å². The molecule has 0 atom stereocenters. The Morgan fingerprint density at radius 2 is 0.646 bits per heavy atom.